The molecule has 60 heavy (non-hydrogen) atoms. The average Bonchev–Trinajstić information content (AvgIpc) is 3.33. The number of nitrogens with zero attached hydrogens (tertiary/aromatic N) is 2. The van der Waals surface area contributed by atoms with E-state index in [-0.39, 0.29) is 0 Å². The van der Waals surface area contributed by atoms with Crippen molar-refractivity contribution < 1.29 is 0 Å². The van der Waals surface area contributed by atoms with E-state index in [1.807, 2.05) is 0 Å². The summed E-state index contributed by atoms with van der Waals surface area (Å²) < 4.78 is 0. The molecule has 9 aromatic carbocycles. The summed E-state index contributed by atoms with van der Waals surface area (Å²) in [7, 11) is 0. The normalized spacial score (nSPS) is 12.9. The molecule has 10 rings (SSSR count). The van der Waals surface area contributed by atoms with Gasteiger partial charge in [0, 0.05) is 33.9 Å². The van der Waals surface area contributed by atoms with Crippen LogP contribution in [0.4, 0.5) is 34.1 Å². The molecule has 2 nitrogen and oxygen atoms in total. The molecule has 9 aromatic rings. The fraction of sp³-hybridized carbons (Fsp3) is 0.103. The third kappa shape index (κ3) is 7.49. The van der Waals surface area contributed by atoms with Crippen molar-refractivity contribution in [2.75, 3.05) is 9.80 Å². The predicted molar refractivity (Wildman–Crippen MR) is 255 cm³/mol. The molecule has 0 unspecified atom stereocenters. The molecule has 0 spiro atoms. The van der Waals surface area contributed by atoms with Crippen LogP contribution >= 0.6 is 0 Å². The minimum absolute atomic E-state index is 0.680. The molecule has 0 aromatic heterocycles. The SMILES string of the molecule is c1ccc(-c2c(N(c3ccccc3)c3ccc(-c4ccc(-c5ccccc5N(c5ccccc5)c5ccc(C6CCCCC6)cc5)cc4)cc3)ccc3ccccc23)cc1. The van der Waals surface area contributed by atoms with Crippen LogP contribution in [0.2, 0.25) is 0 Å². The number of rotatable bonds is 10. The van der Waals surface area contributed by atoms with E-state index in [9.17, 15) is 0 Å². The number of benzene rings is 9. The Bertz CT molecular complexity index is 2810. The molecule has 0 radical (unpaired) electrons. The van der Waals surface area contributed by atoms with Gasteiger partial charge in [0.05, 0.1) is 11.4 Å². The number of fused-ring (bicyclic) bond motifs is 1. The first-order valence-electron chi connectivity index (χ1n) is 21.5. The standard InChI is InChI=1S/C58H48N2/c1-5-17-43(18-6-1)45-33-38-52(39-34-45)59(50-22-9-3-10-23-50)56-28-16-15-26-54(56)48-31-29-44(30-32-48)46-35-40-53(41-36-46)60(51-24-11-4-12-25-51)57-42-37-47-19-13-14-27-55(47)58(57)49-20-7-2-8-21-49/h2-4,7-16,19-43H,1,5-6,17-18H2. The van der Waals surface area contributed by atoms with E-state index in [2.05, 4.69) is 234 Å². The summed E-state index contributed by atoms with van der Waals surface area (Å²) in [6.45, 7) is 0. The van der Waals surface area contributed by atoms with Gasteiger partial charge in [-0.05, 0) is 118 Å². The van der Waals surface area contributed by atoms with Crippen molar-refractivity contribution in [3.05, 3.63) is 230 Å². The summed E-state index contributed by atoms with van der Waals surface area (Å²) in [4.78, 5) is 4.80. The average molecular weight is 773 g/mol. The van der Waals surface area contributed by atoms with Gasteiger partial charge in [0.2, 0.25) is 0 Å². The molecule has 290 valence electrons. The number of para-hydroxylation sites is 3. The quantitative estimate of drug-likeness (QED) is 0.137. The molecule has 1 aliphatic rings. The smallest absolute Gasteiger partial charge is 0.0546 e. The maximum absolute atomic E-state index is 2.41. The van der Waals surface area contributed by atoms with E-state index in [0.717, 1.165) is 28.4 Å². The molecule has 2 heteroatoms. The first-order chi connectivity index (χ1) is 29.8. The zero-order chi connectivity index (χ0) is 40.1. The Morgan fingerprint density at radius 2 is 0.800 bits per heavy atom. The summed E-state index contributed by atoms with van der Waals surface area (Å²) >= 11 is 0. The highest BCUT2D eigenvalue weighted by Crippen LogP contribution is 2.45. The van der Waals surface area contributed by atoms with Crippen molar-refractivity contribution >= 4 is 44.9 Å². The molecule has 0 N–H and O–H groups in total. The van der Waals surface area contributed by atoms with Gasteiger partial charge in [0.1, 0.15) is 0 Å². The van der Waals surface area contributed by atoms with Crippen LogP contribution in [-0.2, 0) is 0 Å². The van der Waals surface area contributed by atoms with E-state index in [1.54, 1.807) is 0 Å². The van der Waals surface area contributed by atoms with Crippen molar-refractivity contribution in [1.82, 2.24) is 0 Å². The van der Waals surface area contributed by atoms with Gasteiger partial charge in [-0.3, -0.25) is 0 Å². The van der Waals surface area contributed by atoms with Gasteiger partial charge in [-0.25, -0.2) is 0 Å². The highest BCUT2D eigenvalue weighted by Gasteiger charge is 2.21. The third-order valence-electron chi connectivity index (χ3n) is 12.3. The maximum atomic E-state index is 2.41. The van der Waals surface area contributed by atoms with E-state index < -0.39 is 0 Å². The van der Waals surface area contributed by atoms with Crippen molar-refractivity contribution in [3.8, 4) is 33.4 Å². The topological polar surface area (TPSA) is 6.48 Å². The number of hydrogen-bond donors (Lipinski definition) is 0. The highest BCUT2D eigenvalue weighted by molar-refractivity contribution is 6.05. The van der Waals surface area contributed by atoms with E-state index >= 15 is 0 Å². The maximum Gasteiger partial charge on any atom is 0.0546 e. The van der Waals surface area contributed by atoms with Crippen molar-refractivity contribution in [1.29, 1.82) is 0 Å². The van der Waals surface area contributed by atoms with Crippen LogP contribution in [-0.4, -0.2) is 0 Å². The van der Waals surface area contributed by atoms with Gasteiger partial charge in [-0.15, -0.1) is 0 Å². The monoisotopic (exact) mass is 772 g/mol. The van der Waals surface area contributed by atoms with Crippen LogP contribution in [0.3, 0.4) is 0 Å². The Balaban J connectivity index is 0.984. The molecule has 0 aliphatic heterocycles. The summed E-state index contributed by atoms with van der Waals surface area (Å²) in [6, 6.07) is 81.7. The van der Waals surface area contributed by atoms with Crippen LogP contribution in [0.1, 0.15) is 43.6 Å². The zero-order valence-electron chi connectivity index (χ0n) is 33.9. The molecule has 0 saturated heterocycles. The van der Waals surface area contributed by atoms with E-state index in [1.165, 1.54) is 87.5 Å². The minimum Gasteiger partial charge on any atom is -0.310 e. The van der Waals surface area contributed by atoms with Gasteiger partial charge in [-0.2, -0.15) is 0 Å². The highest BCUT2D eigenvalue weighted by atomic mass is 15.1. The summed E-state index contributed by atoms with van der Waals surface area (Å²) in [5.41, 5.74) is 15.5. The van der Waals surface area contributed by atoms with E-state index in [4.69, 9.17) is 0 Å². The molecule has 0 bridgehead atoms. The molecule has 1 fully saturated rings. The van der Waals surface area contributed by atoms with Gasteiger partial charge in [0.15, 0.2) is 0 Å². The minimum atomic E-state index is 0.680. The Morgan fingerprint density at radius 3 is 1.45 bits per heavy atom. The molecule has 0 amide bonds. The summed E-state index contributed by atoms with van der Waals surface area (Å²) in [6.07, 6.45) is 6.66. The number of anilines is 6. The predicted octanol–water partition coefficient (Wildman–Crippen LogP) is 16.8. The Labute approximate surface area is 354 Å². The van der Waals surface area contributed by atoms with Crippen LogP contribution in [0.25, 0.3) is 44.2 Å². The second-order valence-electron chi connectivity index (χ2n) is 16.0. The van der Waals surface area contributed by atoms with Gasteiger partial charge in [-0.1, -0.05) is 183 Å². The Kier molecular flexibility index (Phi) is 10.5. The lowest BCUT2D eigenvalue weighted by Crippen LogP contribution is -2.11. The first kappa shape index (κ1) is 37.1. The third-order valence-corrected chi connectivity index (χ3v) is 12.3. The van der Waals surface area contributed by atoms with Gasteiger partial charge < -0.3 is 9.80 Å². The van der Waals surface area contributed by atoms with Crippen molar-refractivity contribution in [2.24, 2.45) is 0 Å². The lowest BCUT2D eigenvalue weighted by atomic mass is 9.84. The second-order valence-corrected chi connectivity index (χ2v) is 16.0. The fourth-order valence-electron chi connectivity index (χ4n) is 9.25. The molecular weight excluding hydrogens is 725 g/mol. The molecule has 1 saturated carbocycles. The lowest BCUT2D eigenvalue weighted by Gasteiger charge is -2.29. The lowest BCUT2D eigenvalue weighted by molar-refractivity contribution is 0.443. The van der Waals surface area contributed by atoms with Crippen LogP contribution in [0, 0.1) is 0 Å². The molecule has 0 heterocycles. The largest absolute Gasteiger partial charge is 0.310 e. The van der Waals surface area contributed by atoms with Gasteiger partial charge in [0.25, 0.3) is 0 Å². The second kappa shape index (κ2) is 17.0. The zero-order valence-corrected chi connectivity index (χ0v) is 33.9. The van der Waals surface area contributed by atoms with E-state index in [0.29, 0.717) is 5.92 Å². The fourth-order valence-corrected chi connectivity index (χ4v) is 9.25. The first-order valence-corrected chi connectivity index (χ1v) is 21.5. The number of hydrogen-bond acceptors (Lipinski definition) is 2. The summed E-state index contributed by atoms with van der Waals surface area (Å²) in [5, 5.41) is 2.46. The van der Waals surface area contributed by atoms with Crippen molar-refractivity contribution in [2.45, 2.75) is 38.0 Å². The van der Waals surface area contributed by atoms with Crippen LogP contribution in [0.15, 0.2) is 224 Å². The summed E-state index contributed by atoms with van der Waals surface area (Å²) in [5.74, 6) is 0.680. The molecular formula is C58H48N2. The molecule has 1 aliphatic carbocycles. The van der Waals surface area contributed by atoms with Crippen LogP contribution < -0.4 is 9.80 Å². The van der Waals surface area contributed by atoms with Crippen molar-refractivity contribution in [3.63, 3.8) is 0 Å². The Morgan fingerprint density at radius 1 is 0.317 bits per heavy atom. The molecule has 0 atom stereocenters. The van der Waals surface area contributed by atoms with Crippen LogP contribution in [0.5, 0.6) is 0 Å². The van der Waals surface area contributed by atoms with Gasteiger partial charge >= 0.3 is 0 Å². The Hall–Kier alpha value is -7.16.